The molecule has 3 rings (SSSR count). The van der Waals surface area contributed by atoms with Crippen molar-refractivity contribution in [2.45, 2.75) is 0 Å². The third kappa shape index (κ3) is 3.72. The maximum absolute atomic E-state index is 12.6. The number of methoxy groups -OCH3 is 1. The molecule has 0 saturated carbocycles. The maximum Gasteiger partial charge on any atom is 0.298 e. The molecule has 0 aromatic heterocycles. The van der Waals surface area contributed by atoms with Gasteiger partial charge in [0.1, 0.15) is 0 Å². The zero-order chi connectivity index (χ0) is 18.1. The fourth-order valence-electron chi connectivity index (χ4n) is 2.31. The lowest BCUT2D eigenvalue weighted by Gasteiger charge is -2.12. The highest BCUT2D eigenvalue weighted by Crippen LogP contribution is 2.39. The summed E-state index contributed by atoms with van der Waals surface area (Å²) < 4.78 is 5.83. The van der Waals surface area contributed by atoms with Crippen molar-refractivity contribution in [2.24, 2.45) is 0 Å². The van der Waals surface area contributed by atoms with Crippen molar-refractivity contribution in [1.29, 1.82) is 0 Å². The molecule has 8 heteroatoms. The number of rotatable bonds is 3. The monoisotopic (exact) mass is 457 g/mol. The molecule has 25 heavy (non-hydrogen) atoms. The highest BCUT2D eigenvalue weighted by Gasteiger charge is 2.36. The third-order valence-electron chi connectivity index (χ3n) is 3.38. The number of anilines is 1. The van der Waals surface area contributed by atoms with Crippen molar-refractivity contribution in [3.63, 3.8) is 0 Å². The summed E-state index contributed by atoms with van der Waals surface area (Å²) in [5, 5.41) is 0.473. The van der Waals surface area contributed by atoms with Gasteiger partial charge in [-0.05, 0) is 69.7 Å². The van der Waals surface area contributed by atoms with Gasteiger partial charge in [-0.25, -0.2) is 4.90 Å². The lowest BCUT2D eigenvalue weighted by molar-refractivity contribution is -0.113. The van der Waals surface area contributed by atoms with Crippen molar-refractivity contribution >= 4 is 73.8 Å². The Kier molecular flexibility index (Phi) is 5.43. The fourth-order valence-corrected chi connectivity index (χ4v) is 4.40. The van der Waals surface area contributed by atoms with Crippen LogP contribution >= 0.6 is 50.9 Å². The molecule has 0 N–H and O–H groups in total. The SMILES string of the molecule is COc1c(Cl)cc(/C=C2/SC(=O)N(c3cccc(Cl)c3)C2=O)cc1Br. The number of hydrogen-bond donors (Lipinski definition) is 0. The molecule has 0 unspecified atom stereocenters. The van der Waals surface area contributed by atoms with Gasteiger partial charge in [0, 0.05) is 5.02 Å². The smallest absolute Gasteiger partial charge is 0.298 e. The Balaban J connectivity index is 1.96. The van der Waals surface area contributed by atoms with Crippen LogP contribution < -0.4 is 9.64 Å². The largest absolute Gasteiger partial charge is 0.494 e. The standard InChI is InChI=1S/C17H10BrCl2NO3S/c1-24-15-12(18)5-9(6-13(15)20)7-14-16(22)21(17(23)25-14)11-4-2-3-10(19)8-11/h2-8H,1H3/b14-7+. The molecule has 1 aliphatic heterocycles. The number of ether oxygens (including phenoxy) is 1. The predicted molar refractivity (Wildman–Crippen MR) is 106 cm³/mol. The van der Waals surface area contributed by atoms with Crippen molar-refractivity contribution in [1.82, 2.24) is 0 Å². The molecule has 128 valence electrons. The summed E-state index contributed by atoms with van der Waals surface area (Å²) in [6.45, 7) is 0. The molecule has 0 spiro atoms. The fraction of sp³-hybridized carbons (Fsp3) is 0.0588. The number of nitrogens with zero attached hydrogens (tertiary/aromatic N) is 1. The van der Waals surface area contributed by atoms with E-state index in [1.807, 2.05) is 0 Å². The summed E-state index contributed by atoms with van der Waals surface area (Å²) in [5.41, 5.74) is 1.11. The minimum atomic E-state index is -0.402. The molecule has 0 bridgehead atoms. The van der Waals surface area contributed by atoms with Crippen LogP contribution in [0.1, 0.15) is 5.56 Å². The Morgan fingerprint density at radius 2 is 1.96 bits per heavy atom. The lowest BCUT2D eigenvalue weighted by atomic mass is 10.2. The van der Waals surface area contributed by atoms with Gasteiger partial charge in [0.15, 0.2) is 5.75 Å². The van der Waals surface area contributed by atoms with Crippen LogP contribution in [0.25, 0.3) is 6.08 Å². The summed E-state index contributed by atoms with van der Waals surface area (Å²) in [6, 6.07) is 10.0. The van der Waals surface area contributed by atoms with Crippen LogP contribution in [0.4, 0.5) is 10.5 Å². The van der Waals surface area contributed by atoms with E-state index in [-0.39, 0.29) is 5.24 Å². The van der Waals surface area contributed by atoms with E-state index in [2.05, 4.69) is 15.9 Å². The molecule has 2 amide bonds. The van der Waals surface area contributed by atoms with E-state index in [9.17, 15) is 9.59 Å². The van der Waals surface area contributed by atoms with E-state index in [0.29, 0.717) is 36.4 Å². The van der Waals surface area contributed by atoms with Crippen molar-refractivity contribution < 1.29 is 14.3 Å². The van der Waals surface area contributed by atoms with Crippen LogP contribution in [-0.4, -0.2) is 18.3 Å². The molecule has 1 aliphatic rings. The number of hydrogen-bond acceptors (Lipinski definition) is 4. The molecule has 4 nitrogen and oxygen atoms in total. The van der Waals surface area contributed by atoms with Gasteiger partial charge in [-0.15, -0.1) is 0 Å². The molecule has 1 heterocycles. The second-order valence-electron chi connectivity index (χ2n) is 5.01. The van der Waals surface area contributed by atoms with Gasteiger partial charge in [-0.1, -0.05) is 29.3 Å². The van der Waals surface area contributed by atoms with Gasteiger partial charge in [-0.2, -0.15) is 0 Å². The van der Waals surface area contributed by atoms with Crippen molar-refractivity contribution in [2.75, 3.05) is 12.0 Å². The number of benzene rings is 2. The van der Waals surface area contributed by atoms with Gasteiger partial charge in [0.05, 0.1) is 27.2 Å². The molecule has 1 saturated heterocycles. The zero-order valence-electron chi connectivity index (χ0n) is 12.8. The molecule has 1 fully saturated rings. The molecular weight excluding hydrogens is 449 g/mol. The van der Waals surface area contributed by atoms with E-state index in [1.165, 1.54) is 7.11 Å². The molecule has 0 radical (unpaired) electrons. The van der Waals surface area contributed by atoms with Gasteiger partial charge < -0.3 is 4.74 Å². The number of halogens is 3. The number of thioether (sulfide) groups is 1. The number of amides is 2. The minimum Gasteiger partial charge on any atom is -0.494 e. The third-order valence-corrected chi connectivity index (χ3v) is 5.36. The van der Waals surface area contributed by atoms with Crippen molar-refractivity contribution in [3.8, 4) is 5.75 Å². The number of carbonyl (C=O) groups excluding carboxylic acids is 2. The maximum atomic E-state index is 12.6. The van der Waals surface area contributed by atoms with Crippen LogP contribution in [0, 0.1) is 0 Å². The van der Waals surface area contributed by atoms with Crippen LogP contribution in [-0.2, 0) is 4.79 Å². The first-order valence-corrected chi connectivity index (χ1v) is 9.34. The average Bonchev–Trinajstić information content (AvgIpc) is 2.81. The zero-order valence-corrected chi connectivity index (χ0v) is 16.7. The molecule has 0 atom stereocenters. The van der Waals surface area contributed by atoms with Gasteiger partial charge in [0.2, 0.25) is 0 Å². The second kappa shape index (κ2) is 7.41. The van der Waals surface area contributed by atoms with E-state index in [1.54, 1.807) is 42.5 Å². The van der Waals surface area contributed by atoms with Crippen molar-refractivity contribution in [3.05, 3.63) is 61.4 Å². The highest BCUT2D eigenvalue weighted by atomic mass is 79.9. The molecule has 0 aliphatic carbocycles. The quantitative estimate of drug-likeness (QED) is 0.528. The first-order valence-electron chi connectivity index (χ1n) is 6.97. The van der Waals surface area contributed by atoms with Crippen LogP contribution in [0.15, 0.2) is 45.8 Å². The molecule has 2 aromatic carbocycles. The highest BCUT2D eigenvalue weighted by molar-refractivity contribution is 9.10. The number of carbonyl (C=O) groups is 2. The first kappa shape index (κ1) is 18.3. The number of imide groups is 1. The summed E-state index contributed by atoms with van der Waals surface area (Å²) in [4.78, 5) is 26.3. The van der Waals surface area contributed by atoms with E-state index in [0.717, 1.165) is 16.7 Å². The van der Waals surface area contributed by atoms with Gasteiger partial charge in [0.25, 0.3) is 11.1 Å². The summed E-state index contributed by atoms with van der Waals surface area (Å²) >= 11 is 16.3. The Morgan fingerprint density at radius 1 is 1.20 bits per heavy atom. The van der Waals surface area contributed by atoms with Crippen LogP contribution in [0.3, 0.4) is 0 Å². The topological polar surface area (TPSA) is 46.6 Å². The van der Waals surface area contributed by atoms with Crippen LogP contribution in [0.5, 0.6) is 5.75 Å². The Morgan fingerprint density at radius 3 is 2.60 bits per heavy atom. The first-order chi connectivity index (χ1) is 11.9. The van der Waals surface area contributed by atoms with E-state index in [4.69, 9.17) is 27.9 Å². The van der Waals surface area contributed by atoms with Crippen LogP contribution in [0.2, 0.25) is 10.0 Å². The molecule has 2 aromatic rings. The average molecular weight is 459 g/mol. The summed E-state index contributed by atoms with van der Waals surface area (Å²) in [5.74, 6) is 0.103. The summed E-state index contributed by atoms with van der Waals surface area (Å²) in [7, 11) is 1.52. The van der Waals surface area contributed by atoms with E-state index >= 15 is 0 Å². The van der Waals surface area contributed by atoms with E-state index < -0.39 is 5.91 Å². The normalized spacial score (nSPS) is 16.0. The Bertz CT molecular complexity index is 894. The molecular formula is C17H10BrCl2NO3S. The minimum absolute atomic E-state index is 0.304. The lowest BCUT2D eigenvalue weighted by Crippen LogP contribution is -2.27. The van der Waals surface area contributed by atoms with Gasteiger partial charge >= 0.3 is 0 Å². The summed E-state index contributed by atoms with van der Waals surface area (Å²) in [6.07, 6.45) is 1.62. The second-order valence-corrected chi connectivity index (χ2v) is 7.71. The van der Waals surface area contributed by atoms with Gasteiger partial charge in [-0.3, -0.25) is 9.59 Å². The Labute approximate surface area is 166 Å². The Hall–Kier alpha value is -1.47. The predicted octanol–water partition coefficient (Wildman–Crippen LogP) is 6.01.